The zero-order valence-corrected chi connectivity index (χ0v) is 12.2. The molecule has 20 heavy (non-hydrogen) atoms. The summed E-state index contributed by atoms with van der Waals surface area (Å²) < 4.78 is 10.7. The van der Waals surface area contributed by atoms with Crippen molar-refractivity contribution in [3.05, 3.63) is 23.8 Å². The fraction of sp³-hybridized carbons (Fsp3) is 0.467. The molecule has 0 saturated heterocycles. The summed E-state index contributed by atoms with van der Waals surface area (Å²) in [6.07, 6.45) is -0.801. The molecule has 5 heteroatoms. The van der Waals surface area contributed by atoms with E-state index < -0.39 is 12.1 Å². The molecule has 1 heterocycles. The van der Waals surface area contributed by atoms with Crippen LogP contribution in [0.15, 0.2) is 18.2 Å². The van der Waals surface area contributed by atoms with Gasteiger partial charge in [-0.15, -0.1) is 0 Å². The number of benzene rings is 1. The van der Waals surface area contributed by atoms with Crippen LogP contribution in [0.5, 0.6) is 5.75 Å². The van der Waals surface area contributed by atoms with E-state index in [1.165, 1.54) is 4.90 Å². The van der Waals surface area contributed by atoms with E-state index in [9.17, 15) is 9.59 Å². The van der Waals surface area contributed by atoms with E-state index in [0.717, 1.165) is 5.56 Å². The molecule has 5 nitrogen and oxygen atoms in total. The fourth-order valence-corrected chi connectivity index (χ4v) is 2.11. The van der Waals surface area contributed by atoms with Gasteiger partial charge in [-0.25, -0.2) is 0 Å². The van der Waals surface area contributed by atoms with Crippen molar-refractivity contribution in [2.45, 2.75) is 39.9 Å². The van der Waals surface area contributed by atoms with Crippen molar-refractivity contribution >= 4 is 17.6 Å². The number of carbonyl (C=O) groups is 2. The molecule has 108 valence electrons. The second-order valence-corrected chi connectivity index (χ2v) is 5.19. The Hall–Kier alpha value is -2.04. The minimum absolute atomic E-state index is 0.0961. The molecule has 1 aliphatic heterocycles. The van der Waals surface area contributed by atoms with Gasteiger partial charge in [0.1, 0.15) is 12.3 Å². The van der Waals surface area contributed by atoms with Crippen molar-refractivity contribution in [2.24, 2.45) is 0 Å². The van der Waals surface area contributed by atoms with Crippen LogP contribution in [0.3, 0.4) is 0 Å². The molecular formula is C15H19NO4. The van der Waals surface area contributed by atoms with Crippen LogP contribution in [0.4, 0.5) is 5.69 Å². The number of rotatable bonds is 3. The van der Waals surface area contributed by atoms with E-state index in [0.29, 0.717) is 11.4 Å². The van der Waals surface area contributed by atoms with Gasteiger partial charge in [0.05, 0.1) is 11.8 Å². The van der Waals surface area contributed by atoms with Crippen LogP contribution in [0.25, 0.3) is 0 Å². The summed E-state index contributed by atoms with van der Waals surface area (Å²) in [7, 11) is 0. The van der Waals surface area contributed by atoms with Gasteiger partial charge in [-0.1, -0.05) is 6.07 Å². The zero-order valence-electron chi connectivity index (χ0n) is 12.2. The van der Waals surface area contributed by atoms with Crippen molar-refractivity contribution in [2.75, 3.05) is 11.4 Å². The van der Waals surface area contributed by atoms with Crippen LogP contribution < -0.4 is 9.64 Å². The number of hydrogen-bond acceptors (Lipinski definition) is 4. The van der Waals surface area contributed by atoms with Crippen LogP contribution in [0.1, 0.15) is 26.3 Å². The maximum atomic E-state index is 12.2. The Morgan fingerprint density at radius 1 is 1.45 bits per heavy atom. The Morgan fingerprint density at radius 3 is 2.80 bits per heavy atom. The van der Waals surface area contributed by atoms with Gasteiger partial charge < -0.3 is 9.47 Å². The lowest BCUT2D eigenvalue weighted by Crippen LogP contribution is -2.47. The third-order valence-electron chi connectivity index (χ3n) is 2.98. The Bertz CT molecular complexity index is 539. The molecule has 2 rings (SSSR count). The molecule has 1 atom stereocenters. The maximum absolute atomic E-state index is 12.2. The summed E-state index contributed by atoms with van der Waals surface area (Å²) in [5, 5.41) is 0. The average Bonchev–Trinajstić information content (AvgIpc) is 2.35. The Kier molecular flexibility index (Phi) is 3.97. The average molecular weight is 277 g/mol. The first-order chi connectivity index (χ1) is 9.38. The predicted octanol–water partition coefficient (Wildman–Crippen LogP) is 2.06. The molecule has 0 spiro atoms. The summed E-state index contributed by atoms with van der Waals surface area (Å²) >= 11 is 0. The van der Waals surface area contributed by atoms with Crippen molar-refractivity contribution in [3.8, 4) is 5.75 Å². The van der Waals surface area contributed by atoms with Gasteiger partial charge in [0.25, 0.3) is 5.91 Å². The number of ether oxygens (including phenoxy) is 2. The molecule has 1 amide bonds. The molecule has 0 N–H and O–H groups in total. The highest BCUT2D eigenvalue weighted by molar-refractivity contribution is 6.03. The van der Waals surface area contributed by atoms with Crippen LogP contribution in [0.2, 0.25) is 0 Å². The van der Waals surface area contributed by atoms with Gasteiger partial charge in [-0.3, -0.25) is 14.5 Å². The smallest absolute Gasteiger partial charge is 0.326 e. The second-order valence-electron chi connectivity index (χ2n) is 5.19. The fourth-order valence-electron chi connectivity index (χ4n) is 2.11. The summed E-state index contributed by atoms with van der Waals surface area (Å²) in [6.45, 7) is 7.06. The van der Waals surface area contributed by atoms with Crippen LogP contribution in [-0.4, -0.2) is 30.6 Å². The van der Waals surface area contributed by atoms with Gasteiger partial charge in [-0.2, -0.15) is 0 Å². The van der Waals surface area contributed by atoms with E-state index in [4.69, 9.17) is 9.47 Å². The maximum Gasteiger partial charge on any atom is 0.326 e. The highest BCUT2D eigenvalue weighted by Gasteiger charge is 2.33. The topological polar surface area (TPSA) is 55.8 Å². The van der Waals surface area contributed by atoms with Crippen molar-refractivity contribution in [3.63, 3.8) is 0 Å². The van der Waals surface area contributed by atoms with Crippen molar-refractivity contribution in [1.29, 1.82) is 0 Å². The first-order valence-electron chi connectivity index (χ1n) is 6.66. The molecule has 0 aromatic heterocycles. The van der Waals surface area contributed by atoms with E-state index in [-0.39, 0.29) is 18.6 Å². The lowest BCUT2D eigenvalue weighted by Gasteiger charge is -2.32. The van der Waals surface area contributed by atoms with Gasteiger partial charge in [0.15, 0.2) is 6.10 Å². The van der Waals surface area contributed by atoms with Gasteiger partial charge in [-0.05, 0) is 45.4 Å². The molecule has 1 aromatic rings. The standard InChI is InChI=1S/C15H19NO4/c1-9(2)19-14(17)8-16-12-7-10(3)5-6-13(12)20-11(4)15(16)18/h5-7,9,11H,8H2,1-4H3. The third kappa shape index (κ3) is 2.92. The molecule has 1 unspecified atom stereocenters. The Balaban J connectivity index is 2.29. The lowest BCUT2D eigenvalue weighted by atomic mass is 10.1. The van der Waals surface area contributed by atoms with Crippen LogP contribution in [-0.2, 0) is 14.3 Å². The second kappa shape index (κ2) is 5.53. The largest absolute Gasteiger partial charge is 0.479 e. The molecule has 0 fully saturated rings. The summed E-state index contributed by atoms with van der Waals surface area (Å²) in [5.41, 5.74) is 1.62. The van der Waals surface area contributed by atoms with Crippen LogP contribution in [0, 0.1) is 6.92 Å². The summed E-state index contributed by atoms with van der Waals surface area (Å²) in [6, 6.07) is 5.56. The Labute approximate surface area is 118 Å². The number of nitrogens with zero attached hydrogens (tertiary/aromatic N) is 1. The number of esters is 1. The van der Waals surface area contributed by atoms with Crippen molar-refractivity contribution < 1.29 is 19.1 Å². The number of anilines is 1. The number of carbonyl (C=O) groups excluding carboxylic acids is 2. The van der Waals surface area contributed by atoms with Gasteiger partial charge in [0.2, 0.25) is 0 Å². The molecule has 0 bridgehead atoms. The third-order valence-corrected chi connectivity index (χ3v) is 2.98. The summed E-state index contributed by atoms with van der Waals surface area (Å²) in [5.74, 6) is -0.0428. The zero-order chi connectivity index (χ0) is 14.9. The molecular weight excluding hydrogens is 258 g/mol. The van der Waals surface area contributed by atoms with Crippen molar-refractivity contribution in [1.82, 2.24) is 0 Å². The number of aryl methyl sites for hydroxylation is 1. The minimum Gasteiger partial charge on any atom is -0.479 e. The minimum atomic E-state index is -0.600. The molecule has 0 radical (unpaired) electrons. The first kappa shape index (κ1) is 14.4. The van der Waals surface area contributed by atoms with Crippen LogP contribution >= 0.6 is 0 Å². The molecule has 1 aliphatic rings. The highest BCUT2D eigenvalue weighted by atomic mass is 16.5. The lowest BCUT2D eigenvalue weighted by molar-refractivity contribution is -0.146. The van der Waals surface area contributed by atoms with E-state index >= 15 is 0 Å². The predicted molar refractivity (Wildman–Crippen MR) is 74.9 cm³/mol. The highest BCUT2D eigenvalue weighted by Crippen LogP contribution is 2.34. The van der Waals surface area contributed by atoms with Gasteiger partial charge >= 0.3 is 5.97 Å². The summed E-state index contributed by atoms with van der Waals surface area (Å²) in [4.78, 5) is 25.5. The quantitative estimate of drug-likeness (QED) is 0.794. The number of amides is 1. The van der Waals surface area contributed by atoms with E-state index in [2.05, 4.69) is 0 Å². The Morgan fingerprint density at radius 2 is 2.15 bits per heavy atom. The normalized spacial score (nSPS) is 17.8. The monoisotopic (exact) mass is 277 g/mol. The number of hydrogen-bond donors (Lipinski definition) is 0. The molecule has 0 aliphatic carbocycles. The number of fused-ring (bicyclic) bond motifs is 1. The van der Waals surface area contributed by atoms with Gasteiger partial charge in [0, 0.05) is 0 Å². The van der Waals surface area contributed by atoms with E-state index in [1.54, 1.807) is 20.8 Å². The SMILES string of the molecule is Cc1ccc2c(c1)N(CC(=O)OC(C)C)C(=O)C(C)O2. The molecule has 1 aromatic carbocycles. The molecule has 0 saturated carbocycles. The van der Waals surface area contributed by atoms with E-state index in [1.807, 2.05) is 25.1 Å². The first-order valence-corrected chi connectivity index (χ1v) is 6.66.